The molecule has 0 aliphatic carbocycles. The Hall–Kier alpha value is -2.76. The minimum Gasteiger partial charge on any atom is -0.493 e. The maximum Gasteiger partial charge on any atom is 0.223 e. The van der Waals surface area contributed by atoms with Crippen molar-refractivity contribution in [3.63, 3.8) is 0 Å². The van der Waals surface area contributed by atoms with Crippen LogP contribution in [0.25, 0.3) is 0 Å². The lowest BCUT2D eigenvalue weighted by Crippen LogP contribution is -2.48. The van der Waals surface area contributed by atoms with E-state index in [0.29, 0.717) is 19.6 Å². The summed E-state index contributed by atoms with van der Waals surface area (Å²) in [6, 6.07) is 20.0. The highest BCUT2D eigenvalue weighted by molar-refractivity contribution is 6.31. The molecule has 0 radical (unpaired) electrons. The van der Waals surface area contributed by atoms with E-state index >= 15 is 0 Å². The molecule has 1 aliphatic rings. The lowest BCUT2D eigenvalue weighted by molar-refractivity contribution is -0.135. The third kappa shape index (κ3) is 6.43. The molecule has 4 rings (SSSR count). The second-order valence-electron chi connectivity index (χ2n) is 9.62. The van der Waals surface area contributed by atoms with Crippen molar-refractivity contribution in [2.24, 2.45) is 5.41 Å². The normalized spacial score (nSPS) is 18.6. The summed E-state index contributed by atoms with van der Waals surface area (Å²) in [6.07, 6.45) is 4.43. The van der Waals surface area contributed by atoms with Crippen LogP contribution >= 0.6 is 11.6 Å². The summed E-state index contributed by atoms with van der Waals surface area (Å²) in [6.45, 7) is 5.78. The van der Waals surface area contributed by atoms with E-state index in [1.807, 2.05) is 67.5 Å². The molecule has 1 unspecified atom stereocenters. The molecule has 34 heavy (non-hydrogen) atoms. The van der Waals surface area contributed by atoms with Gasteiger partial charge in [0.1, 0.15) is 5.75 Å². The lowest BCUT2D eigenvalue weighted by Gasteiger charge is -2.42. The Labute approximate surface area is 207 Å². The topological polar surface area (TPSA) is 48.6 Å². The first-order valence-corrected chi connectivity index (χ1v) is 12.3. The summed E-state index contributed by atoms with van der Waals surface area (Å²) in [4.78, 5) is 21.0. The van der Waals surface area contributed by atoms with Gasteiger partial charge in [0.05, 0.1) is 6.61 Å². The first kappa shape index (κ1) is 24.4. The number of H-pyrrole nitrogens is 1. The van der Waals surface area contributed by atoms with Crippen molar-refractivity contribution in [3.05, 3.63) is 88.7 Å². The predicted molar refractivity (Wildman–Crippen MR) is 137 cm³/mol. The number of piperidine rings is 1. The van der Waals surface area contributed by atoms with E-state index in [1.165, 1.54) is 5.69 Å². The van der Waals surface area contributed by atoms with Crippen LogP contribution in [-0.2, 0) is 17.9 Å². The zero-order chi connectivity index (χ0) is 24.0. The molecule has 3 aromatic rings. The van der Waals surface area contributed by atoms with Gasteiger partial charge in [-0.15, -0.1) is 0 Å². The van der Waals surface area contributed by atoms with Gasteiger partial charge in [-0.3, -0.25) is 9.69 Å². The molecule has 1 amide bonds. The number of ether oxygens (including phenoxy) is 1. The van der Waals surface area contributed by atoms with Gasteiger partial charge in [0, 0.05) is 55.4 Å². The quantitative estimate of drug-likeness (QED) is 0.429. The molecule has 1 aromatic heterocycles. The smallest absolute Gasteiger partial charge is 0.223 e. The molecule has 5 nitrogen and oxygen atoms in total. The number of amides is 1. The molecular formula is C28H34ClN3O2. The maximum atomic E-state index is 13.4. The second-order valence-corrected chi connectivity index (χ2v) is 10.0. The fraction of sp³-hybridized carbons (Fsp3) is 0.393. The second kappa shape index (κ2) is 11.1. The number of halogens is 1. The number of hydrogen-bond acceptors (Lipinski definition) is 3. The van der Waals surface area contributed by atoms with Gasteiger partial charge in [-0.25, -0.2) is 0 Å². The van der Waals surface area contributed by atoms with Crippen LogP contribution in [0.1, 0.15) is 36.1 Å². The molecule has 6 heteroatoms. The summed E-state index contributed by atoms with van der Waals surface area (Å²) in [7, 11) is 1.89. The van der Waals surface area contributed by atoms with Crippen molar-refractivity contribution in [1.29, 1.82) is 0 Å². The highest BCUT2D eigenvalue weighted by atomic mass is 35.5. The number of nitrogens with one attached hydrogen (secondary N) is 1. The molecule has 1 atom stereocenters. The number of aromatic nitrogens is 1. The summed E-state index contributed by atoms with van der Waals surface area (Å²) < 4.78 is 6.30. The largest absolute Gasteiger partial charge is 0.493 e. The zero-order valence-corrected chi connectivity index (χ0v) is 20.9. The fourth-order valence-corrected chi connectivity index (χ4v) is 4.93. The lowest BCUT2D eigenvalue weighted by atomic mass is 9.77. The molecule has 1 N–H and O–H groups in total. The first-order chi connectivity index (χ1) is 16.4. The predicted octanol–water partition coefficient (Wildman–Crippen LogP) is 5.69. The van der Waals surface area contributed by atoms with Crippen LogP contribution in [-0.4, -0.2) is 47.4 Å². The highest BCUT2D eigenvalue weighted by Gasteiger charge is 2.39. The van der Waals surface area contributed by atoms with Crippen molar-refractivity contribution >= 4 is 17.5 Å². The van der Waals surface area contributed by atoms with Crippen molar-refractivity contribution in [1.82, 2.24) is 14.8 Å². The Morgan fingerprint density at radius 3 is 2.74 bits per heavy atom. The molecule has 180 valence electrons. The number of nitrogens with zero attached hydrogens (tertiary/aromatic N) is 2. The Bertz CT molecular complexity index is 1070. The van der Waals surface area contributed by atoms with Gasteiger partial charge >= 0.3 is 0 Å². The third-order valence-corrected chi connectivity index (χ3v) is 7.11. The van der Waals surface area contributed by atoms with E-state index < -0.39 is 0 Å². The van der Waals surface area contributed by atoms with E-state index in [-0.39, 0.29) is 11.3 Å². The SMILES string of the molecule is Cc1cc(OCC2(CC(=O)N(C)Cc3ccccc3)CCCN(Cc3ccc[nH]3)C2)ccc1Cl. The third-order valence-electron chi connectivity index (χ3n) is 6.69. The first-order valence-electron chi connectivity index (χ1n) is 11.9. The number of carbonyl (C=O) groups is 1. The Morgan fingerprint density at radius 1 is 1.18 bits per heavy atom. The number of carbonyl (C=O) groups excluding carboxylic acids is 1. The van der Waals surface area contributed by atoms with E-state index in [9.17, 15) is 4.79 Å². The van der Waals surface area contributed by atoms with Crippen LogP contribution in [0.3, 0.4) is 0 Å². The Kier molecular flexibility index (Phi) is 7.96. The summed E-state index contributed by atoms with van der Waals surface area (Å²) >= 11 is 6.20. The number of rotatable bonds is 9. The Morgan fingerprint density at radius 2 is 2.00 bits per heavy atom. The van der Waals surface area contributed by atoms with Gasteiger partial charge in [-0.05, 0) is 67.8 Å². The summed E-state index contributed by atoms with van der Waals surface area (Å²) in [5.74, 6) is 0.953. The molecule has 1 fully saturated rings. The van der Waals surface area contributed by atoms with Crippen LogP contribution < -0.4 is 4.74 Å². The summed E-state index contributed by atoms with van der Waals surface area (Å²) in [5.41, 5.74) is 3.07. The average molecular weight is 480 g/mol. The van der Waals surface area contributed by atoms with Crippen LogP contribution in [0.2, 0.25) is 5.02 Å². The van der Waals surface area contributed by atoms with Gasteiger partial charge in [0.15, 0.2) is 0 Å². The van der Waals surface area contributed by atoms with Crippen LogP contribution in [0.4, 0.5) is 0 Å². The fourth-order valence-electron chi connectivity index (χ4n) is 4.81. The Balaban J connectivity index is 1.48. The molecule has 1 saturated heterocycles. The molecule has 0 bridgehead atoms. The minimum atomic E-state index is -0.250. The van der Waals surface area contributed by atoms with Gasteiger partial charge in [0.2, 0.25) is 5.91 Å². The number of aryl methyl sites for hydroxylation is 1. The molecule has 0 spiro atoms. The number of hydrogen-bond donors (Lipinski definition) is 1. The average Bonchev–Trinajstić information content (AvgIpc) is 3.34. The van der Waals surface area contributed by atoms with E-state index in [1.54, 1.807) is 0 Å². The molecule has 0 saturated carbocycles. The van der Waals surface area contributed by atoms with Crippen molar-refractivity contribution in [3.8, 4) is 5.75 Å². The van der Waals surface area contributed by atoms with E-state index in [4.69, 9.17) is 16.3 Å². The van der Waals surface area contributed by atoms with Crippen molar-refractivity contribution in [2.75, 3.05) is 26.7 Å². The molecule has 1 aliphatic heterocycles. The van der Waals surface area contributed by atoms with Crippen LogP contribution in [0, 0.1) is 12.3 Å². The zero-order valence-electron chi connectivity index (χ0n) is 20.1. The standard InChI is InChI=1S/C28H34ClN3O2/c1-22-16-25(11-12-26(22)29)34-21-28(13-7-15-32(20-28)19-24-10-6-14-30-24)17-27(33)31(2)18-23-8-4-3-5-9-23/h3-6,8-12,14,16,30H,7,13,15,17-21H2,1-2H3. The monoisotopic (exact) mass is 479 g/mol. The van der Waals surface area contributed by atoms with Gasteiger partial charge < -0.3 is 14.6 Å². The van der Waals surface area contributed by atoms with Crippen LogP contribution in [0.5, 0.6) is 5.75 Å². The molecular weight excluding hydrogens is 446 g/mol. The van der Waals surface area contributed by atoms with Gasteiger partial charge in [-0.2, -0.15) is 0 Å². The highest BCUT2D eigenvalue weighted by Crippen LogP contribution is 2.36. The number of benzene rings is 2. The van der Waals surface area contributed by atoms with E-state index in [0.717, 1.165) is 54.4 Å². The van der Waals surface area contributed by atoms with Crippen LogP contribution in [0.15, 0.2) is 66.9 Å². The maximum absolute atomic E-state index is 13.4. The molecule has 2 heterocycles. The summed E-state index contributed by atoms with van der Waals surface area (Å²) in [5, 5.41) is 0.731. The van der Waals surface area contributed by atoms with Crippen molar-refractivity contribution < 1.29 is 9.53 Å². The number of likely N-dealkylation sites (tertiary alicyclic amines) is 1. The number of aromatic amines is 1. The molecule has 2 aromatic carbocycles. The minimum absolute atomic E-state index is 0.154. The van der Waals surface area contributed by atoms with Gasteiger partial charge in [-0.1, -0.05) is 41.9 Å². The van der Waals surface area contributed by atoms with E-state index in [2.05, 4.69) is 28.1 Å². The van der Waals surface area contributed by atoms with Crippen molar-refractivity contribution in [2.45, 2.75) is 39.3 Å². The van der Waals surface area contributed by atoms with Gasteiger partial charge in [0.25, 0.3) is 0 Å².